The van der Waals surface area contributed by atoms with Crippen LogP contribution in [0.1, 0.15) is 26.0 Å². The topological polar surface area (TPSA) is 84.2 Å². The van der Waals surface area contributed by atoms with Gasteiger partial charge in [-0.15, -0.1) is 0 Å². The molecular formula is C25H25F3O7. The number of alkyl halides is 3. The van der Waals surface area contributed by atoms with Crippen LogP contribution in [-0.4, -0.2) is 33.4 Å². The van der Waals surface area contributed by atoms with Gasteiger partial charge in [0.1, 0.15) is 11.3 Å². The summed E-state index contributed by atoms with van der Waals surface area (Å²) in [6, 6.07) is 7.77. The van der Waals surface area contributed by atoms with E-state index in [0.29, 0.717) is 18.1 Å². The monoisotopic (exact) mass is 494 g/mol. The third kappa shape index (κ3) is 6.06. The zero-order valence-electron chi connectivity index (χ0n) is 19.7. The molecule has 188 valence electrons. The first-order valence-electron chi connectivity index (χ1n) is 10.7. The van der Waals surface area contributed by atoms with Crippen LogP contribution in [0.5, 0.6) is 17.2 Å². The molecule has 3 rings (SSSR count). The average Bonchev–Trinajstić information content (AvgIpc) is 2.81. The van der Waals surface area contributed by atoms with Crippen molar-refractivity contribution in [1.29, 1.82) is 0 Å². The van der Waals surface area contributed by atoms with Gasteiger partial charge in [-0.3, -0.25) is 4.79 Å². The highest BCUT2D eigenvalue weighted by atomic mass is 19.4. The summed E-state index contributed by atoms with van der Waals surface area (Å²) >= 11 is 0. The molecule has 0 N–H and O–H groups in total. The molecule has 0 saturated carbocycles. The Hall–Kier alpha value is -3.69. The van der Waals surface area contributed by atoms with Gasteiger partial charge in [0.2, 0.25) is 11.2 Å². The van der Waals surface area contributed by atoms with Crippen molar-refractivity contribution < 1.29 is 41.3 Å². The van der Waals surface area contributed by atoms with Gasteiger partial charge in [-0.05, 0) is 42.2 Å². The molecule has 0 unspecified atom stereocenters. The van der Waals surface area contributed by atoms with Gasteiger partial charge in [-0.2, -0.15) is 13.2 Å². The van der Waals surface area contributed by atoms with E-state index in [0.717, 1.165) is 6.07 Å². The number of hydrogen-bond acceptors (Lipinski definition) is 7. The maximum atomic E-state index is 13.9. The van der Waals surface area contributed by atoms with E-state index >= 15 is 0 Å². The lowest BCUT2D eigenvalue weighted by Gasteiger charge is -2.15. The van der Waals surface area contributed by atoms with Crippen molar-refractivity contribution in [2.24, 2.45) is 5.92 Å². The maximum absolute atomic E-state index is 13.9. The third-order valence-corrected chi connectivity index (χ3v) is 5.11. The minimum absolute atomic E-state index is 0.0462. The first-order chi connectivity index (χ1) is 16.5. The Morgan fingerprint density at radius 2 is 1.74 bits per heavy atom. The zero-order valence-corrected chi connectivity index (χ0v) is 19.7. The lowest BCUT2D eigenvalue weighted by atomic mass is 10.0. The lowest BCUT2D eigenvalue weighted by Crippen LogP contribution is -2.17. The molecule has 0 bridgehead atoms. The van der Waals surface area contributed by atoms with Crippen LogP contribution in [-0.2, 0) is 15.7 Å². The number of fused-ring (bicyclic) bond motifs is 1. The molecular weight excluding hydrogens is 469 g/mol. The highest BCUT2D eigenvalue weighted by Crippen LogP contribution is 2.40. The van der Waals surface area contributed by atoms with Gasteiger partial charge in [0, 0.05) is 6.07 Å². The van der Waals surface area contributed by atoms with Crippen LogP contribution in [0.25, 0.3) is 22.1 Å². The third-order valence-electron chi connectivity index (χ3n) is 5.11. The summed E-state index contributed by atoms with van der Waals surface area (Å²) in [6.45, 7) is 3.77. The minimum atomic E-state index is -4.97. The molecule has 10 heteroatoms. The SMILES string of the molecule is COc1ccc(-c2c(C(F)(F)F)oc3cc(OCC(=O)OCCC(C)C)ccc3c2=O)cc1OC. The van der Waals surface area contributed by atoms with Crippen molar-refractivity contribution in [2.45, 2.75) is 26.4 Å². The molecule has 1 aromatic heterocycles. The molecule has 0 radical (unpaired) electrons. The molecule has 3 aromatic rings. The Balaban J connectivity index is 1.99. The standard InChI is InChI=1S/C25H25F3O7/c1-14(2)9-10-33-21(29)13-34-16-6-7-17-19(12-16)35-24(25(26,27)28)22(23(17)30)15-5-8-18(31-3)20(11-15)32-4/h5-8,11-12,14H,9-10,13H2,1-4H3. The van der Waals surface area contributed by atoms with Crippen molar-refractivity contribution in [3.8, 4) is 28.4 Å². The van der Waals surface area contributed by atoms with Gasteiger partial charge >= 0.3 is 12.1 Å². The molecule has 1 heterocycles. The van der Waals surface area contributed by atoms with E-state index in [2.05, 4.69) is 0 Å². The van der Waals surface area contributed by atoms with Crippen molar-refractivity contribution >= 4 is 16.9 Å². The molecule has 0 spiro atoms. The van der Waals surface area contributed by atoms with Crippen LogP contribution in [0, 0.1) is 5.92 Å². The zero-order chi connectivity index (χ0) is 25.8. The van der Waals surface area contributed by atoms with E-state index in [-0.39, 0.29) is 34.6 Å². The van der Waals surface area contributed by atoms with Gasteiger partial charge in [-0.25, -0.2) is 4.79 Å². The largest absolute Gasteiger partial charge is 0.493 e. The Bertz CT molecular complexity index is 1260. The van der Waals surface area contributed by atoms with Crippen molar-refractivity contribution in [2.75, 3.05) is 27.4 Å². The summed E-state index contributed by atoms with van der Waals surface area (Å²) in [6.07, 6.45) is -4.28. The average molecular weight is 494 g/mol. The van der Waals surface area contributed by atoms with Gasteiger partial charge in [-0.1, -0.05) is 19.9 Å². The second-order valence-electron chi connectivity index (χ2n) is 8.05. The van der Waals surface area contributed by atoms with E-state index in [9.17, 15) is 22.8 Å². The van der Waals surface area contributed by atoms with E-state index in [1.165, 1.54) is 44.6 Å². The number of rotatable bonds is 9. The first-order valence-corrected chi connectivity index (χ1v) is 10.7. The van der Waals surface area contributed by atoms with Crippen LogP contribution in [0.3, 0.4) is 0 Å². The molecule has 2 aromatic carbocycles. The van der Waals surface area contributed by atoms with Gasteiger partial charge in [0.15, 0.2) is 18.1 Å². The second-order valence-corrected chi connectivity index (χ2v) is 8.05. The fraction of sp³-hybridized carbons (Fsp3) is 0.360. The predicted molar refractivity (Wildman–Crippen MR) is 122 cm³/mol. The molecule has 0 fully saturated rings. The Kier molecular flexibility index (Phi) is 7.93. The molecule has 0 aliphatic rings. The number of methoxy groups -OCH3 is 2. The fourth-order valence-electron chi connectivity index (χ4n) is 3.31. The van der Waals surface area contributed by atoms with Crippen LogP contribution >= 0.6 is 0 Å². The number of carbonyl (C=O) groups excluding carboxylic acids is 1. The molecule has 35 heavy (non-hydrogen) atoms. The van der Waals surface area contributed by atoms with Crippen LogP contribution in [0.2, 0.25) is 0 Å². The molecule has 0 atom stereocenters. The molecule has 0 amide bonds. The van der Waals surface area contributed by atoms with Crippen molar-refractivity contribution in [3.05, 3.63) is 52.4 Å². The number of hydrogen-bond donors (Lipinski definition) is 0. The van der Waals surface area contributed by atoms with Crippen molar-refractivity contribution in [1.82, 2.24) is 0 Å². The summed E-state index contributed by atoms with van der Waals surface area (Å²) < 4.78 is 67.6. The van der Waals surface area contributed by atoms with E-state index < -0.39 is 35.5 Å². The summed E-state index contributed by atoms with van der Waals surface area (Å²) in [5, 5.41) is -0.0883. The van der Waals surface area contributed by atoms with E-state index in [4.69, 9.17) is 23.4 Å². The highest BCUT2D eigenvalue weighted by molar-refractivity contribution is 5.84. The lowest BCUT2D eigenvalue weighted by molar-refractivity contribution is -0.152. The Morgan fingerprint density at radius 3 is 2.37 bits per heavy atom. The first kappa shape index (κ1) is 25.9. The highest BCUT2D eigenvalue weighted by Gasteiger charge is 2.39. The number of ether oxygens (including phenoxy) is 4. The minimum Gasteiger partial charge on any atom is -0.493 e. The predicted octanol–water partition coefficient (Wildman–Crippen LogP) is 5.46. The summed E-state index contributed by atoms with van der Waals surface area (Å²) in [7, 11) is 2.71. The van der Waals surface area contributed by atoms with Gasteiger partial charge in [0.05, 0.1) is 31.8 Å². The van der Waals surface area contributed by atoms with Crippen LogP contribution in [0.15, 0.2) is 45.6 Å². The summed E-state index contributed by atoms with van der Waals surface area (Å²) in [4.78, 5) is 25.0. The smallest absolute Gasteiger partial charge is 0.450 e. The number of esters is 1. The second kappa shape index (κ2) is 10.7. The maximum Gasteiger partial charge on any atom is 0.450 e. The van der Waals surface area contributed by atoms with Gasteiger partial charge < -0.3 is 23.4 Å². The van der Waals surface area contributed by atoms with E-state index in [1.807, 2.05) is 13.8 Å². The molecule has 7 nitrogen and oxygen atoms in total. The molecule has 0 aliphatic heterocycles. The normalized spacial score (nSPS) is 11.5. The summed E-state index contributed by atoms with van der Waals surface area (Å²) in [5.74, 6) is -1.23. The quantitative estimate of drug-likeness (QED) is 0.365. The molecule has 0 saturated heterocycles. The number of benzene rings is 2. The molecule has 0 aliphatic carbocycles. The van der Waals surface area contributed by atoms with Crippen LogP contribution in [0.4, 0.5) is 13.2 Å². The van der Waals surface area contributed by atoms with Gasteiger partial charge in [0.25, 0.3) is 0 Å². The van der Waals surface area contributed by atoms with Crippen LogP contribution < -0.4 is 19.6 Å². The summed E-state index contributed by atoms with van der Waals surface area (Å²) in [5.41, 5.74) is -1.92. The fourth-order valence-corrected chi connectivity index (χ4v) is 3.31. The Morgan fingerprint density at radius 1 is 1.03 bits per heavy atom. The van der Waals surface area contributed by atoms with Crippen molar-refractivity contribution in [3.63, 3.8) is 0 Å². The number of carbonyl (C=O) groups is 1. The number of halogens is 3. The Labute approximate surface area is 199 Å². The van der Waals surface area contributed by atoms with E-state index in [1.54, 1.807) is 0 Å².